The van der Waals surface area contributed by atoms with Gasteiger partial charge in [-0.3, -0.25) is 19.0 Å². The van der Waals surface area contributed by atoms with E-state index in [-0.39, 0.29) is 13.0 Å². The third kappa shape index (κ3) is 4.07. The minimum atomic E-state index is -0.896. The number of rotatable bonds is 7. The molecule has 28 heavy (non-hydrogen) atoms. The summed E-state index contributed by atoms with van der Waals surface area (Å²) in [5.74, 6) is -0.856. The Bertz CT molecular complexity index is 1050. The Hall–Kier alpha value is -3.92. The minimum absolute atomic E-state index is 0.160. The predicted octanol–water partition coefficient (Wildman–Crippen LogP) is 1.66. The molecule has 0 aliphatic carbocycles. The molecule has 7 heteroatoms. The van der Waals surface area contributed by atoms with Crippen LogP contribution in [0.3, 0.4) is 0 Å². The van der Waals surface area contributed by atoms with Gasteiger partial charge in [-0.1, -0.05) is 36.4 Å². The summed E-state index contributed by atoms with van der Waals surface area (Å²) in [5.41, 5.74) is 1.89. The van der Waals surface area contributed by atoms with Crippen molar-refractivity contribution in [3.63, 3.8) is 0 Å². The summed E-state index contributed by atoms with van der Waals surface area (Å²) < 4.78 is 1.44. The van der Waals surface area contributed by atoms with Crippen molar-refractivity contribution >= 4 is 29.1 Å². The van der Waals surface area contributed by atoms with Gasteiger partial charge in [0.25, 0.3) is 5.91 Å². The molecule has 2 aromatic carbocycles. The van der Waals surface area contributed by atoms with E-state index in [2.05, 4.69) is 10.6 Å². The number of nitrogens with one attached hydrogen (secondary N) is 2. The minimum Gasteiger partial charge on any atom is -0.341 e. The quantitative estimate of drug-likeness (QED) is 0.485. The number of carbonyl (C=O) groups is 3. The number of hydrogen-bond donors (Lipinski definition) is 2. The van der Waals surface area contributed by atoms with Crippen molar-refractivity contribution in [2.45, 2.75) is 12.5 Å². The number of nitrogens with zero attached hydrogens (tertiary/aromatic N) is 2. The van der Waals surface area contributed by atoms with Crippen molar-refractivity contribution in [3.8, 4) is 6.07 Å². The van der Waals surface area contributed by atoms with Crippen molar-refractivity contribution in [2.75, 3.05) is 6.54 Å². The molecule has 1 heterocycles. The highest BCUT2D eigenvalue weighted by molar-refractivity contribution is 5.98. The van der Waals surface area contributed by atoms with Gasteiger partial charge in [0, 0.05) is 23.6 Å². The Balaban J connectivity index is 1.89. The molecule has 2 amide bonds. The molecule has 0 unspecified atom stereocenters. The topological polar surface area (TPSA) is 104 Å². The molecule has 0 bridgehead atoms. The molecular weight excluding hydrogens is 356 g/mol. The lowest BCUT2D eigenvalue weighted by Crippen LogP contribution is -2.48. The van der Waals surface area contributed by atoms with Gasteiger partial charge >= 0.3 is 0 Å². The highest BCUT2D eigenvalue weighted by Crippen LogP contribution is 2.21. The molecule has 0 spiro atoms. The normalized spacial score (nSPS) is 11.4. The van der Waals surface area contributed by atoms with Gasteiger partial charge in [0.1, 0.15) is 12.6 Å². The number of amides is 2. The third-order valence-corrected chi connectivity index (χ3v) is 4.36. The second kappa shape index (κ2) is 8.64. The van der Waals surface area contributed by atoms with E-state index in [0.717, 1.165) is 16.5 Å². The highest BCUT2D eigenvalue weighted by atomic mass is 16.2. The van der Waals surface area contributed by atoms with E-state index in [9.17, 15) is 14.4 Å². The van der Waals surface area contributed by atoms with Crippen LogP contribution in [0.4, 0.5) is 0 Å². The van der Waals surface area contributed by atoms with E-state index in [1.807, 2.05) is 24.3 Å². The maximum absolute atomic E-state index is 12.5. The second-order valence-corrected chi connectivity index (χ2v) is 6.16. The molecule has 3 rings (SSSR count). The average molecular weight is 374 g/mol. The van der Waals surface area contributed by atoms with Crippen LogP contribution in [0.25, 0.3) is 10.9 Å². The van der Waals surface area contributed by atoms with E-state index in [4.69, 9.17) is 5.26 Å². The number of carbonyl (C=O) groups excluding carboxylic acids is 3. The standard InChI is InChI=1S/C21H18N4O3/c22-10-11-23-21(28)18(24-20(27)15-6-2-1-3-7-15)12-16-13-25(14-26)19-9-5-4-8-17(16)19/h1-9,13-14,18H,11-12H2,(H,23,28)(H,24,27)/t18-/m0/s1. The first-order valence-corrected chi connectivity index (χ1v) is 8.68. The average Bonchev–Trinajstić information content (AvgIpc) is 3.09. The maximum Gasteiger partial charge on any atom is 0.251 e. The summed E-state index contributed by atoms with van der Waals surface area (Å²) in [7, 11) is 0. The molecule has 0 saturated carbocycles. The molecular formula is C21H18N4O3. The van der Waals surface area contributed by atoms with Crippen LogP contribution in [-0.4, -0.2) is 35.4 Å². The van der Waals surface area contributed by atoms with E-state index in [1.54, 1.807) is 42.6 Å². The van der Waals surface area contributed by atoms with Crippen LogP contribution in [-0.2, 0) is 16.0 Å². The molecule has 0 aliphatic heterocycles. The summed E-state index contributed by atoms with van der Waals surface area (Å²) in [4.78, 5) is 36.4. The monoisotopic (exact) mass is 374 g/mol. The summed E-state index contributed by atoms with van der Waals surface area (Å²) in [6.45, 7) is -0.160. The maximum atomic E-state index is 12.5. The number of aromatic nitrogens is 1. The van der Waals surface area contributed by atoms with E-state index >= 15 is 0 Å². The molecule has 0 radical (unpaired) electrons. The summed E-state index contributed by atoms with van der Waals surface area (Å²) in [6.07, 6.45) is 2.52. The lowest BCUT2D eigenvalue weighted by Gasteiger charge is -2.17. The Morgan fingerprint density at radius 2 is 1.82 bits per heavy atom. The number of para-hydroxylation sites is 1. The largest absolute Gasteiger partial charge is 0.341 e. The Labute approximate surface area is 161 Å². The fraction of sp³-hybridized carbons (Fsp3) is 0.143. The van der Waals surface area contributed by atoms with E-state index in [0.29, 0.717) is 12.0 Å². The van der Waals surface area contributed by atoms with Crippen LogP contribution in [0.1, 0.15) is 15.9 Å². The van der Waals surface area contributed by atoms with Crippen LogP contribution in [0.2, 0.25) is 0 Å². The number of fused-ring (bicyclic) bond motifs is 1. The van der Waals surface area contributed by atoms with Crippen LogP contribution in [0, 0.1) is 11.3 Å². The molecule has 3 aromatic rings. The van der Waals surface area contributed by atoms with E-state index in [1.165, 1.54) is 4.57 Å². The first-order valence-electron chi connectivity index (χ1n) is 8.68. The van der Waals surface area contributed by atoms with Crippen LogP contribution < -0.4 is 10.6 Å². The number of nitriles is 1. The summed E-state index contributed by atoms with van der Waals surface area (Å²) >= 11 is 0. The molecule has 2 N–H and O–H groups in total. The fourth-order valence-electron chi connectivity index (χ4n) is 3.04. The van der Waals surface area contributed by atoms with E-state index < -0.39 is 17.9 Å². The first-order chi connectivity index (χ1) is 13.6. The van der Waals surface area contributed by atoms with Crippen LogP contribution >= 0.6 is 0 Å². The van der Waals surface area contributed by atoms with Gasteiger partial charge < -0.3 is 10.6 Å². The van der Waals surface area contributed by atoms with Gasteiger partial charge in [-0.05, 0) is 23.8 Å². The first kappa shape index (κ1) is 18.9. The lowest BCUT2D eigenvalue weighted by molar-refractivity contribution is -0.122. The van der Waals surface area contributed by atoms with Gasteiger partial charge in [-0.15, -0.1) is 0 Å². The number of benzene rings is 2. The lowest BCUT2D eigenvalue weighted by atomic mass is 10.0. The molecule has 0 aliphatic rings. The number of hydrogen-bond acceptors (Lipinski definition) is 4. The summed E-state index contributed by atoms with van der Waals surface area (Å²) in [6, 6.07) is 16.8. The zero-order chi connectivity index (χ0) is 19.9. The molecule has 0 saturated heterocycles. The van der Waals surface area contributed by atoms with Gasteiger partial charge in [0.2, 0.25) is 12.3 Å². The van der Waals surface area contributed by atoms with Crippen molar-refractivity contribution in [2.24, 2.45) is 0 Å². The Morgan fingerprint density at radius 3 is 2.54 bits per heavy atom. The van der Waals surface area contributed by atoms with Gasteiger partial charge in [-0.2, -0.15) is 5.26 Å². The SMILES string of the molecule is N#CCNC(=O)[C@H](Cc1cn(C=O)c2ccccc12)NC(=O)c1ccccc1. The smallest absolute Gasteiger partial charge is 0.251 e. The predicted molar refractivity (Wildman–Crippen MR) is 104 cm³/mol. The third-order valence-electron chi connectivity index (χ3n) is 4.36. The van der Waals surface area contributed by atoms with Gasteiger partial charge in [0.05, 0.1) is 11.6 Å². The summed E-state index contributed by atoms with van der Waals surface area (Å²) in [5, 5.41) is 14.8. The molecule has 140 valence electrons. The van der Waals surface area contributed by atoms with Gasteiger partial charge in [-0.25, -0.2) is 0 Å². The van der Waals surface area contributed by atoms with Crippen molar-refractivity contribution in [1.82, 2.24) is 15.2 Å². The molecule has 0 fully saturated rings. The van der Waals surface area contributed by atoms with Crippen molar-refractivity contribution in [1.29, 1.82) is 5.26 Å². The Kier molecular flexibility index (Phi) is 5.82. The highest BCUT2D eigenvalue weighted by Gasteiger charge is 2.23. The zero-order valence-electron chi connectivity index (χ0n) is 15.0. The van der Waals surface area contributed by atoms with Crippen LogP contribution in [0.15, 0.2) is 60.8 Å². The second-order valence-electron chi connectivity index (χ2n) is 6.16. The van der Waals surface area contributed by atoms with Crippen molar-refractivity contribution in [3.05, 3.63) is 71.9 Å². The molecule has 7 nitrogen and oxygen atoms in total. The molecule has 1 aromatic heterocycles. The zero-order valence-corrected chi connectivity index (χ0v) is 15.0. The molecule has 1 atom stereocenters. The van der Waals surface area contributed by atoms with Gasteiger partial charge in [0.15, 0.2) is 0 Å². The fourth-order valence-corrected chi connectivity index (χ4v) is 3.04. The Morgan fingerprint density at radius 1 is 1.11 bits per heavy atom. The van der Waals surface area contributed by atoms with Crippen LogP contribution in [0.5, 0.6) is 0 Å². The van der Waals surface area contributed by atoms with Crippen molar-refractivity contribution < 1.29 is 14.4 Å².